The van der Waals surface area contributed by atoms with Crippen LogP contribution in [0.1, 0.15) is 50.1 Å². The van der Waals surface area contributed by atoms with Gasteiger partial charge in [-0.1, -0.05) is 0 Å². The van der Waals surface area contributed by atoms with Crippen LogP contribution in [0.4, 0.5) is 4.79 Å². The molecule has 1 aromatic heterocycles. The van der Waals surface area contributed by atoms with Crippen LogP contribution < -0.4 is 0 Å². The van der Waals surface area contributed by atoms with Crippen molar-refractivity contribution < 1.29 is 14.3 Å². The Morgan fingerprint density at radius 3 is 2.35 bits per heavy atom. The summed E-state index contributed by atoms with van der Waals surface area (Å²) in [6.07, 6.45) is 3.33. The van der Waals surface area contributed by atoms with Crippen LogP contribution >= 0.6 is 0 Å². The molecule has 2 heterocycles. The molecule has 1 aliphatic heterocycles. The summed E-state index contributed by atoms with van der Waals surface area (Å²) in [4.78, 5) is 27.7. The highest BCUT2D eigenvalue weighted by atomic mass is 16.6. The Balaban J connectivity index is 1.99. The molecule has 1 aliphatic rings. The highest BCUT2D eigenvalue weighted by Crippen LogP contribution is 2.26. The summed E-state index contributed by atoms with van der Waals surface area (Å²) in [7, 11) is 3.51. The van der Waals surface area contributed by atoms with Gasteiger partial charge in [-0.2, -0.15) is 0 Å². The lowest BCUT2D eigenvalue weighted by Crippen LogP contribution is -2.42. The van der Waals surface area contributed by atoms with Crippen molar-refractivity contribution in [2.75, 3.05) is 27.2 Å². The summed E-state index contributed by atoms with van der Waals surface area (Å²) >= 11 is 0. The largest absolute Gasteiger partial charge is 0.444 e. The number of amides is 2. The summed E-state index contributed by atoms with van der Waals surface area (Å²) in [5.41, 5.74) is 0.227. The molecule has 0 N–H and O–H groups in total. The number of rotatable bonds is 2. The summed E-state index contributed by atoms with van der Waals surface area (Å²) in [6, 6.07) is 3.99. The first-order chi connectivity index (χ1) is 10.7. The zero-order valence-electron chi connectivity index (χ0n) is 14.7. The number of carbonyl (C=O) groups excluding carboxylic acids is 2. The molecule has 0 radical (unpaired) electrons. The quantitative estimate of drug-likeness (QED) is 0.841. The normalized spacial score (nSPS) is 16.3. The second kappa shape index (κ2) is 6.64. The summed E-state index contributed by atoms with van der Waals surface area (Å²) in [5.74, 6) is 0.00423. The van der Waals surface area contributed by atoms with Gasteiger partial charge in [0.2, 0.25) is 0 Å². The fourth-order valence-corrected chi connectivity index (χ4v) is 2.78. The molecule has 0 spiro atoms. The highest BCUT2D eigenvalue weighted by molar-refractivity contribution is 5.92. The Kier molecular flexibility index (Phi) is 5.02. The van der Waals surface area contributed by atoms with Crippen LogP contribution in [0.2, 0.25) is 0 Å². The molecule has 1 fully saturated rings. The van der Waals surface area contributed by atoms with Gasteiger partial charge in [-0.3, -0.25) is 4.79 Å². The molecular weight excluding hydrogens is 294 g/mol. The highest BCUT2D eigenvalue weighted by Gasteiger charge is 2.28. The first-order valence-corrected chi connectivity index (χ1v) is 8.05. The molecule has 1 aromatic rings. The van der Waals surface area contributed by atoms with Crippen molar-refractivity contribution >= 4 is 12.0 Å². The molecule has 0 unspecified atom stereocenters. The SMILES string of the molecule is CN(C)C(=O)c1cccn1C1CCN(C(=O)OC(C)(C)C)CC1. The van der Waals surface area contributed by atoms with Crippen LogP contribution in [0.5, 0.6) is 0 Å². The number of hydrogen-bond acceptors (Lipinski definition) is 3. The fraction of sp³-hybridized carbons (Fsp3) is 0.647. The van der Waals surface area contributed by atoms with E-state index in [1.165, 1.54) is 0 Å². The molecule has 0 saturated carbocycles. The van der Waals surface area contributed by atoms with E-state index in [-0.39, 0.29) is 18.0 Å². The van der Waals surface area contributed by atoms with Gasteiger partial charge in [0.1, 0.15) is 11.3 Å². The average Bonchev–Trinajstić information content (AvgIpc) is 2.94. The number of carbonyl (C=O) groups is 2. The minimum absolute atomic E-state index is 0.00423. The number of nitrogens with zero attached hydrogens (tertiary/aromatic N) is 3. The summed E-state index contributed by atoms with van der Waals surface area (Å²) in [5, 5.41) is 0. The number of ether oxygens (including phenoxy) is 1. The maximum atomic E-state index is 12.2. The van der Waals surface area contributed by atoms with E-state index >= 15 is 0 Å². The lowest BCUT2D eigenvalue weighted by atomic mass is 10.0. The van der Waals surface area contributed by atoms with Crippen molar-refractivity contribution in [2.24, 2.45) is 0 Å². The summed E-state index contributed by atoms with van der Waals surface area (Å²) < 4.78 is 7.45. The van der Waals surface area contributed by atoms with Gasteiger partial charge in [0.25, 0.3) is 5.91 Å². The average molecular weight is 321 g/mol. The Morgan fingerprint density at radius 2 is 1.83 bits per heavy atom. The second-order valence-corrected chi connectivity index (χ2v) is 7.20. The molecule has 2 amide bonds. The molecule has 0 bridgehead atoms. The van der Waals surface area contributed by atoms with Crippen LogP contribution in [0.3, 0.4) is 0 Å². The monoisotopic (exact) mass is 321 g/mol. The smallest absolute Gasteiger partial charge is 0.410 e. The Bertz CT molecular complexity index is 564. The van der Waals surface area contributed by atoms with Crippen LogP contribution in [0.15, 0.2) is 18.3 Å². The maximum Gasteiger partial charge on any atom is 0.410 e. The van der Waals surface area contributed by atoms with Crippen LogP contribution in [0, 0.1) is 0 Å². The van der Waals surface area contributed by atoms with Crippen molar-refractivity contribution in [2.45, 2.75) is 45.3 Å². The predicted molar refractivity (Wildman–Crippen MR) is 88.5 cm³/mol. The molecular formula is C17H27N3O3. The molecule has 6 heteroatoms. The molecule has 128 valence electrons. The van der Waals surface area contributed by atoms with Crippen LogP contribution in [-0.4, -0.2) is 59.2 Å². The first-order valence-electron chi connectivity index (χ1n) is 8.05. The first kappa shape index (κ1) is 17.4. The molecule has 2 rings (SSSR count). The van der Waals surface area contributed by atoms with Gasteiger partial charge in [-0.05, 0) is 45.7 Å². The lowest BCUT2D eigenvalue weighted by molar-refractivity contribution is 0.0187. The predicted octanol–water partition coefficient (Wildman–Crippen LogP) is 2.76. The topological polar surface area (TPSA) is 54.8 Å². The van der Waals surface area contributed by atoms with Gasteiger partial charge in [-0.25, -0.2) is 4.79 Å². The Morgan fingerprint density at radius 1 is 1.22 bits per heavy atom. The zero-order valence-corrected chi connectivity index (χ0v) is 14.7. The standard InChI is InChI=1S/C17H27N3O3/c1-17(2,3)23-16(22)19-11-8-13(9-12-19)20-10-6-7-14(20)15(21)18(4)5/h6-7,10,13H,8-9,11-12H2,1-5H3. The third-order valence-corrected chi connectivity index (χ3v) is 3.91. The molecule has 23 heavy (non-hydrogen) atoms. The Hall–Kier alpha value is -1.98. The molecule has 0 atom stereocenters. The number of piperidine rings is 1. The van der Waals surface area contributed by atoms with Gasteiger partial charge in [-0.15, -0.1) is 0 Å². The third-order valence-electron chi connectivity index (χ3n) is 3.91. The molecule has 0 aliphatic carbocycles. The number of likely N-dealkylation sites (tertiary alicyclic amines) is 1. The van der Waals surface area contributed by atoms with Crippen molar-refractivity contribution in [3.8, 4) is 0 Å². The van der Waals surface area contributed by atoms with Crippen molar-refractivity contribution in [1.82, 2.24) is 14.4 Å². The van der Waals surface area contributed by atoms with Crippen LogP contribution in [-0.2, 0) is 4.74 Å². The summed E-state index contributed by atoms with van der Waals surface area (Å²) in [6.45, 7) is 6.91. The van der Waals surface area contributed by atoms with Gasteiger partial charge in [0.05, 0.1) is 0 Å². The van der Waals surface area contributed by atoms with E-state index in [2.05, 4.69) is 0 Å². The zero-order chi connectivity index (χ0) is 17.2. The molecule has 1 saturated heterocycles. The second-order valence-electron chi connectivity index (χ2n) is 7.20. The Labute approximate surface area is 138 Å². The van der Waals surface area contributed by atoms with Gasteiger partial charge < -0.3 is 19.1 Å². The third kappa shape index (κ3) is 4.27. The van der Waals surface area contributed by atoms with E-state index in [9.17, 15) is 9.59 Å². The van der Waals surface area contributed by atoms with E-state index in [0.717, 1.165) is 12.8 Å². The van der Waals surface area contributed by atoms with Gasteiger partial charge in [0.15, 0.2) is 0 Å². The van der Waals surface area contributed by atoms with Crippen molar-refractivity contribution in [1.29, 1.82) is 0 Å². The van der Waals surface area contributed by atoms with Crippen molar-refractivity contribution in [3.05, 3.63) is 24.0 Å². The van der Waals surface area contributed by atoms with E-state index < -0.39 is 5.60 Å². The number of hydrogen-bond donors (Lipinski definition) is 0. The maximum absolute atomic E-state index is 12.2. The van der Waals surface area contributed by atoms with Gasteiger partial charge >= 0.3 is 6.09 Å². The minimum Gasteiger partial charge on any atom is -0.444 e. The van der Waals surface area contributed by atoms with Gasteiger partial charge in [0, 0.05) is 39.4 Å². The lowest BCUT2D eigenvalue weighted by Gasteiger charge is -2.34. The van der Waals surface area contributed by atoms with Crippen molar-refractivity contribution in [3.63, 3.8) is 0 Å². The van der Waals surface area contributed by atoms with E-state index in [4.69, 9.17) is 4.74 Å². The molecule has 0 aromatic carbocycles. The van der Waals surface area contributed by atoms with Crippen LogP contribution in [0.25, 0.3) is 0 Å². The molecule has 6 nitrogen and oxygen atoms in total. The van der Waals surface area contributed by atoms with E-state index in [1.807, 2.05) is 43.7 Å². The van der Waals surface area contributed by atoms with E-state index in [1.54, 1.807) is 23.9 Å². The number of aromatic nitrogens is 1. The fourth-order valence-electron chi connectivity index (χ4n) is 2.78. The van der Waals surface area contributed by atoms with E-state index in [0.29, 0.717) is 18.8 Å². The minimum atomic E-state index is -0.473.